The number of morpholine rings is 1. The van der Waals surface area contributed by atoms with Crippen molar-refractivity contribution >= 4 is 11.7 Å². The minimum Gasteiger partial charge on any atom is -0.378 e. The Kier molecular flexibility index (Phi) is 5.10. The maximum absolute atomic E-state index is 12.1. The second-order valence-corrected chi connectivity index (χ2v) is 6.04. The number of carbonyl (C=O) groups is 1. The van der Waals surface area contributed by atoms with Crippen LogP contribution in [0.4, 0.5) is 5.82 Å². The first kappa shape index (κ1) is 16.4. The van der Waals surface area contributed by atoms with Gasteiger partial charge >= 0.3 is 0 Å². The van der Waals surface area contributed by atoms with Crippen molar-refractivity contribution in [2.24, 2.45) is 0 Å². The fourth-order valence-electron chi connectivity index (χ4n) is 2.46. The van der Waals surface area contributed by atoms with Gasteiger partial charge in [0, 0.05) is 19.2 Å². The van der Waals surface area contributed by atoms with Crippen LogP contribution in [0.3, 0.4) is 0 Å². The summed E-state index contributed by atoms with van der Waals surface area (Å²) in [5, 5.41) is 6.72. The molecule has 7 nitrogen and oxygen atoms in total. The summed E-state index contributed by atoms with van der Waals surface area (Å²) in [4.78, 5) is 18.9. The second-order valence-electron chi connectivity index (χ2n) is 6.04. The molecule has 2 aromatic rings. The number of anilines is 1. The Balaban J connectivity index is 1.60. The number of pyridine rings is 1. The first-order valence-corrected chi connectivity index (χ1v) is 8.17. The normalized spacial score (nSPS) is 14.9. The highest BCUT2D eigenvalue weighted by Gasteiger charge is 2.15. The molecule has 0 atom stereocenters. The zero-order valence-corrected chi connectivity index (χ0v) is 14.0. The predicted octanol–water partition coefficient (Wildman–Crippen LogP) is 1.96. The number of rotatable bonds is 5. The van der Waals surface area contributed by atoms with Crippen LogP contribution in [0.25, 0.3) is 0 Å². The van der Waals surface area contributed by atoms with E-state index in [0.29, 0.717) is 19.8 Å². The smallest absolute Gasteiger partial charge is 0.290 e. The first-order valence-electron chi connectivity index (χ1n) is 8.17. The van der Waals surface area contributed by atoms with Crippen molar-refractivity contribution in [1.29, 1.82) is 0 Å². The maximum atomic E-state index is 12.1. The summed E-state index contributed by atoms with van der Waals surface area (Å²) in [7, 11) is 0. The topological polar surface area (TPSA) is 80.5 Å². The standard InChI is InChI=1S/C17H22N4O3/c1-12(2)14-10-15(24-20-14)17(22)18-11-13-4-3-5-16(19-13)21-6-8-23-9-7-21/h3-5,10,12H,6-9,11H2,1-2H3,(H,18,22). The van der Waals surface area contributed by atoms with Crippen molar-refractivity contribution in [1.82, 2.24) is 15.5 Å². The van der Waals surface area contributed by atoms with E-state index in [1.165, 1.54) is 0 Å². The predicted molar refractivity (Wildman–Crippen MR) is 89.0 cm³/mol. The minimum atomic E-state index is -0.284. The molecule has 0 aromatic carbocycles. The van der Waals surface area contributed by atoms with E-state index in [1.54, 1.807) is 6.07 Å². The highest BCUT2D eigenvalue weighted by atomic mass is 16.5. The molecule has 1 saturated heterocycles. The van der Waals surface area contributed by atoms with Gasteiger partial charge in [-0.3, -0.25) is 4.79 Å². The Morgan fingerprint density at radius 1 is 1.33 bits per heavy atom. The number of nitrogens with zero attached hydrogens (tertiary/aromatic N) is 3. The van der Waals surface area contributed by atoms with E-state index in [2.05, 4.69) is 20.4 Å². The summed E-state index contributed by atoms with van der Waals surface area (Å²) in [6.07, 6.45) is 0. The maximum Gasteiger partial charge on any atom is 0.290 e. The third kappa shape index (κ3) is 3.91. The molecule has 0 spiro atoms. The summed E-state index contributed by atoms with van der Waals surface area (Å²) in [6, 6.07) is 7.49. The van der Waals surface area contributed by atoms with E-state index in [0.717, 1.165) is 30.3 Å². The van der Waals surface area contributed by atoms with Gasteiger partial charge < -0.3 is 19.5 Å². The fourth-order valence-corrected chi connectivity index (χ4v) is 2.46. The van der Waals surface area contributed by atoms with E-state index in [1.807, 2.05) is 32.0 Å². The van der Waals surface area contributed by atoms with Gasteiger partial charge in [0.1, 0.15) is 5.82 Å². The highest BCUT2D eigenvalue weighted by molar-refractivity contribution is 5.91. The van der Waals surface area contributed by atoms with Crippen LogP contribution in [-0.4, -0.2) is 42.4 Å². The molecule has 0 aliphatic carbocycles. The van der Waals surface area contributed by atoms with Crippen LogP contribution in [-0.2, 0) is 11.3 Å². The number of hydrogen-bond donors (Lipinski definition) is 1. The molecule has 0 radical (unpaired) electrons. The highest BCUT2D eigenvalue weighted by Crippen LogP contribution is 2.15. The third-order valence-corrected chi connectivity index (χ3v) is 3.90. The minimum absolute atomic E-state index is 0.224. The van der Waals surface area contributed by atoms with Crippen molar-refractivity contribution in [2.45, 2.75) is 26.3 Å². The van der Waals surface area contributed by atoms with Crippen LogP contribution in [0.1, 0.15) is 41.7 Å². The molecule has 1 aliphatic rings. The molecule has 0 bridgehead atoms. The summed E-state index contributed by atoms with van der Waals surface area (Å²) < 4.78 is 10.4. The Morgan fingerprint density at radius 3 is 2.83 bits per heavy atom. The van der Waals surface area contributed by atoms with E-state index < -0.39 is 0 Å². The average Bonchev–Trinajstić information content (AvgIpc) is 3.11. The summed E-state index contributed by atoms with van der Waals surface area (Å²) in [5.74, 6) is 1.07. The molecule has 24 heavy (non-hydrogen) atoms. The number of ether oxygens (including phenoxy) is 1. The van der Waals surface area contributed by atoms with Crippen LogP contribution in [0, 0.1) is 0 Å². The molecule has 1 aliphatic heterocycles. The van der Waals surface area contributed by atoms with Gasteiger partial charge in [0.05, 0.1) is 31.1 Å². The molecule has 1 N–H and O–H groups in total. The molecule has 3 heterocycles. The summed E-state index contributed by atoms with van der Waals surface area (Å²) in [5.41, 5.74) is 1.57. The molecule has 1 fully saturated rings. The Labute approximate surface area is 141 Å². The van der Waals surface area contributed by atoms with Gasteiger partial charge in [-0.2, -0.15) is 0 Å². The van der Waals surface area contributed by atoms with Crippen LogP contribution in [0.15, 0.2) is 28.8 Å². The average molecular weight is 330 g/mol. The van der Waals surface area contributed by atoms with Crippen LogP contribution in [0.5, 0.6) is 0 Å². The summed E-state index contributed by atoms with van der Waals surface area (Å²) in [6.45, 7) is 7.44. The Morgan fingerprint density at radius 2 is 2.12 bits per heavy atom. The van der Waals surface area contributed by atoms with Gasteiger partial charge in [-0.25, -0.2) is 4.98 Å². The lowest BCUT2D eigenvalue weighted by atomic mass is 10.1. The molecule has 1 amide bonds. The third-order valence-electron chi connectivity index (χ3n) is 3.90. The van der Waals surface area contributed by atoms with Gasteiger partial charge in [0.15, 0.2) is 0 Å². The lowest BCUT2D eigenvalue weighted by Gasteiger charge is -2.28. The van der Waals surface area contributed by atoms with Gasteiger partial charge in [-0.15, -0.1) is 0 Å². The monoisotopic (exact) mass is 330 g/mol. The summed E-state index contributed by atoms with van der Waals surface area (Å²) >= 11 is 0. The number of carbonyl (C=O) groups excluding carboxylic acids is 1. The van der Waals surface area contributed by atoms with E-state index in [4.69, 9.17) is 9.26 Å². The zero-order valence-electron chi connectivity index (χ0n) is 14.0. The first-order chi connectivity index (χ1) is 11.6. The van der Waals surface area contributed by atoms with E-state index in [9.17, 15) is 4.79 Å². The van der Waals surface area contributed by atoms with Crippen molar-refractivity contribution < 1.29 is 14.1 Å². The van der Waals surface area contributed by atoms with Crippen LogP contribution >= 0.6 is 0 Å². The molecule has 128 valence electrons. The SMILES string of the molecule is CC(C)c1cc(C(=O)NCc2cccc(N3CCOCC3)n2)on1. The number of amides is 1. The number of nitrogens with one attached hydrogen (secondary N) is 1. The lowest BCUT2D eigenvalue weighted by molar-refractivity contribution is 0.0913. The fraction of sp³-hybridized carbons (Fsp3) is 0.471. The van der Waals surface area contributed by atoms with Gasteiger partial charge in [-0.1, -0.05) is 25.1 Å². The number of aromatic nitrogens is 2. The number of hydrogen-bond acceptors (Lipinski definition) is 6. The Bertz CT molecular complexity index is 693. The largest absolute Gasteiger partial charge is 0.378 e. The van der Waals surface area contributed by atoms with Gasteiger partial charge in [0.2, 0.25) is 5.76 Å². The molecule has 0 unspecified atom stereocenters. The molecule has 0 saturated carbocycles. The second kappa shape index (κ2) is 7.44. The zero-order chi connectivity index (χ0) is 16.9. The van der Waals surface area contributed by atoms with Crippen LogP contribution < -0.4 is 10.2 Å². The van der Waals surface area contributed by atoms with Gasteiger partial charge in [0.25, 0.3) is 5.91 Å². The molecular weight excluding hydrogens is 308 g/mol. The lowest BCUT2D eigenvalue weighted by Crippen LogP contribution is -2.37. The molecular formula is C17H22N4O3. The van der Waals surface area contributed by atoms with Crippen molar-refractivity contribution in [3.8, 4) is 0 Å². The van der Waals surface area contributed by atoms with Crippen LogP contribution in [0.2, 0.25) is 0 Å². The molecule has 7 heteroatoms. The molecule has 2 aromatic heterocycles. The Hall–Kier alpha value is -2.41. The van der Waals surface area contributed by atoms with Gasteiger partial charge in [-0.05, 0) is 18.1 Å². The van der Waals surface area contributed by atoms with Crippen molar-refractivity contribution in [3.63, 3.8) is 0 Å². The van der Waals surface area contributed by atoms with Crippen molar-refractivity contribution in [2.75, 3.05) is 31.2 Å². The quantitative estimate of drug-likeness (QED) is 0.903. The van der Waals surface area contributed by atoms with E-state index >= 15 is 0 Å². The van der Waals surface area contributed by atoms with E-state index in [-0.39, 0.29) is 17.6 Å². The molecule has 3 rings (SSSR count). The van der Waals surface area contributed by atoms with Crippen molar-refractivity contribution in [3.05, 3.63) is 41.4 Å².